The van der Waals surface area contributed by atoms with Crippen molar-refractivity contribution >= 4 is 15.9 Å². The van der Waals surface area contributed by atoms with Gasteiger partial charge < -0.3 is 4.74 Å². The molecule has 12 heavy (non-hydrogen) atoms. The Bertz CT molecular complexity index is 286. The Morgan fingerprint density at radius 1 is 1.50 bits per heavy atom. The zero-order chi connectivity index (χ0) is 9.14. The Hall–Kier alpha value is -0.570. The van der Waals surface area contributed by atoms with E-state index < -0.39 is 0 Å². The van der Waals surface area contributed by atoms with Crippen LogP contribution in [0.1, 0.15) is 12.5 Å². The minimum Gasteiger partial charge on any atom is -0.496 e. The van der Waals surface area contributed by atoms with Crippen molar-refractivity contribution in [1.82, 2.24) is 0 Å². The van der Waals surface area contributed by atoms with E-state index >= 15 is 0 Å². The minimum absolute atomic E-state index is 0.225. The Morgan fingerprint density at radius 3 is 2.67 bits per heavy atom. The molecule has 0 spiro atoms. The number of rotatable bonds is 2. The second-order valence-corrected chi connectivity index (χ2v) is 3.25. The van der Waals surface area contributed by atoms with Gasteiger partial charge in [0, 0.05) is 5.56 Å². The summed E-state index contributed by atoms with van der Waals surface area (Å²) in [5.74, 6) is 0.384. The van der Waals surface area contributed by atoms with Gasteiger partial charge in [-0.1, -0.05) is 6.92 Å². The predicted molar refractivity (Wildman–Crippen MR) is 50.0 cm³/mol. The molecule has 1 rings (SSSR count). The molecular formula is C9H10BrFO. The molecule has 0 saturated heterocycles. The molecule has 1 nitrogen and oxygen atoms in total. The van der Waals surface area contributed by atoms with Crippen molar-refractivity contribution in [2.75, 3.05) is 7.11 Å². The largest absolute Gasteiger partial charge is 0.496 e. The molecule has 0 aliphatic carbocycles. The molecule has 0 aliphatic rings. The zero-order valence-electron chi connectivity index (χ0n) is 7.03. The van der Waals surface area contributed by atoms with Gasteiger partial charge in [0.2, 0.25) is 0 Å². The maximum Gasteiger partial charge on any atom is 0.144 e. The second kappa shape index (κ2) is 3.90. The van der Waals surface area contributed by atoms with Crippen LogP contribution >= 0.6 is 15.9 Å². The molecular weight excluding hydrogens is 223 g/mol. The van der Waals surface area contributed by atoms with Crippen molar-refractivity contribution in [2.24, 2.45) is 0 Å². The van der Waals surface area contributed by atoms with Crippen LogP contribution in [-0.4, -0.2) is 7.11 Å². The van der Waals surface area contributed by atoms with Crippen LogP contribution in [0.15, 0.2) is 16.6 Å². The van der Waals surface area contributed by atoms with Gasteiger partial charge in [0.05, 0.1) is 11.6 Å². The molecule has 66 valence electrons. The average molecular weight is 233 g/mol. The molecule has 0 fully saturated rings. The Morgan fingerprint density at radius 2 is 2.17 bits per heavy atom. The molecule has 1 aromatic carbocycles. The quantitative estimate of drug-likeness (QED) is 0.762. The summed E-state index contributed by atoms with van der Waals surface area (Å²) in [6, 6.07) is 3.40. The predicted octanol–water partition coefficient (Wildman–Crippen LogP) is 3.16. The smallest absolute Gasteiger partial charge is 0.144 e. The third kappa shape index (κ3) is 1.61. The van der Waals surface area contributed by atoms with Crippen molar-refractivity contribution in [2.45, 2.75) is 13.3 Å². The SMILES string of the molecule is CCc1c(OC)ccc(Br)c1F. The Labute approximate surface area is 79.7 Å². The lowest BCUT2D eigenvalue weighted by atomic mass is 10.1. The summed E-state index contributed by atoms with van der Waals surface area (Å²) in [6.45, 7) is 1.90. The summed E-state index contributed by atoms with van der Waals surface area (Å²) in [5, 5.41) is 0. The summed E-state index contributed by atoms with van der Waals surface area (Å²) in [7, 11) is 1.54. The van der Waals surface area contributed by atoms with E-state index in [2.05, 4.69) is 15.9 Å². The van der Waals surface area contributed by atoms with Crippen LogP contribution in [0.2, 0.25) is 0 Å². The molecule has 0 atom stereocenters. The van der Waals surface area contributed by atoms with Gasteiger partial charge in [-0.25, -0.2) is 4.39 Å². The first kappa shape index (κ1) is 9.52. The van der Waals surface area contributed by atoms with Gasteiger partial charge in [0.1, 0.15) is 11.6 Å². The van der Waals surface area contributed by atoms with E-state index in [1.54, 1.807) is 19.2 Å². The molecule has 0 N–H and O–H groups in total. The van der Waals surface area contributed by atoms with Crippen molar-refractivity contribution in [3.8, 4) is 5.75 Å². The summed E-state index contributed by atoms with van der Waals surface area (Å²) < 4.78 is 18.8. The fourth-order valence-electron chi connectivity index (χ4n) is 1.10. The zero-order valence-corrected chi connectivity index (χ0v) is 8.61. The minimum atomic E-state index is -0.225. The van der Waals surface area contributed by atoms with Gasteiger partial charge in [-0.05, 0) is 34.5 Å². The van der Waals surface area contributed by atoms with Crippen LogP contribution in [0.5, 0.6) is 5.75 Å². The maximum atomic E-state index is 13.3. The highest BCUT2D eigenvalue weighted by molar-refractivity contribution is 9.10. The fraction of sp³-hybridized carbons (Fsp3) is 0.333. The normalized spacial score (nSPS) is 10.0. The number of benzene rings is 1. The summed E-state index contributed by atoms with van der Waals surface area (Å²) in [4.78, 5) is 0. The monoisotopic (exact) mass is 232 g/mol. The number of methoxy groups -OCH3 is 1. The van der Waals surface area contributed by atoms with E-state index in [1.807, 2.05) is 6.92 Å². The standard InChI is InChI=1S/C9H10BrFO/c1-3-6-8(12-2)5-4-7(10)9(6)11/h4-5H,3H2,1-2H3. The lowest BCUT2D eigenvalue weighted by Gasteiger charge is -2.08. The topological polar surface area (TPSA) is 9.23 Å². The highest BCUT2D eigenvalue weighted by Gasteiger charge is 2.09. The van der Waals surface area contributed by atoms with Crippen molar-refractivity contribution in [3.63, 3.8) is 0 Å². The van der Waals surface area contributed by atoms with E-state index in [9.17, 15) is 4.39 Å². The first-order valence-corrected chi connectivity index (χ1v) is 4.50. The number of hydrogen-bond donors (Lipinski definition) is 0. The molecule has 3 heteroatoms. The first-order chi connectivity index (χ1) is 5.70. The Balaban J connectivity index is 3.25. The van der Waals surface area contributed by atoms with Crippen molar-refractivity contribution in [1.29, 1.82) is 0 Å². The molecule has 0 aliphatic heterocycles. The molecule has 1 aromatic rings. The average Bonchev–Trinajstić information content (AvgIpc) is 2.09. The van der Waals surface area contributed by atoms with Gasteiger partial charge in [0.15, 0.2) is 0 Å². The molecule has 0 heterocycles. The van der Waals surface area contributed by atoms with Crippen LogP contribution in [0.25, 0.3) is 0 Å². The molecule has 0 amide bonds. The van der Waals surface area contributed by atoms with Crippen molar-refractivity contribution < 1.29 is 9.13 Å². The van der Waals surface area contributed by atoms with E-state index in [0.29, 0.717) is 22.2 Å². The van der Waals surface area contributed by atoms with E-state index in [1.165, 1.54) is 0 Å². The van der Waals surface area contributed by atoms with E-state index in [4.69, 9.17) is 4.74 Å². The molecule has 0 saturated carbocycles. The highest BCUT2D eigenvalue weighted by atomic mass is 79.9. The summed E-state index contributed by atoms with van der Waals surface area (Å²) in [5.41, 5.74) is 0.617. The fourth-order valence-corrected chi connectivity index (χ4v) is 1.47. The van der Waals surface area contributed by atoms with Crippen molar-refractivity contribution in [3.05, 3.63) is 28.0 Å². The van der Waals surface area contributed by atoms with Crippen LogP contribution in [-0.2, 0) is 6.42 Å². The molecule has 0 unspecified atom stereocenters. The van der Waals surface area contributed by atoms with Gasteiger partial charge in [-0.15, -0.1) is 0 Å². The number of hydrogen-bond acceptors (Lipinski definition) is 1. The highest BCUT2D eigenvalue weighted by Crippen LogP contribution is 2.27. The second-order valence-electron chi connectivity index (χ2n) is 2.40. The Kier molecular flexibility index (Phi) is 3.09. The molecule has 0 aromatic heterocycles. The lowest BCUT2D eigenvalue weighted by molar-refractivity contribution is 0.404. The lowest BCUT2D eigenvalue weighted by Crippen LogP contribution is -1.95. The van der Waals surface area contributed by atoms with Gasteiger partial charge in [-0.3, -0.25) is 0 Å². The van der Waals surface area contributed by atoms with Gasteiger partial charge >= 0.3 is 0 Å². The van der Waals surface area contributed by atoms with E-state index in [-0.39, 0.29) is 5.82 Å². The number of ether oxygens (including phenoxy) is 1. The third-order valence-corrected chi connectivity index (χ3v) is 2.34. The molecule has 0 radical (unpaired) electrons. The maximum absolute atomic E-state index is 13.3. The van der Waals surface area contributed by atoms with Crippen LogP contribution in [0.3, 0.4) is 0 Å². The van der Waals surface area contributed by atoms with Crippen LogP contribution in [0, 0.1) is 5.82 Å². The summed E-state index contributed by atoms with van der Waals surface area (Å²) in [6.07, 6.45) is 0.633. The number of halogens is 2. The third-order valence-electron chi connectivity index (χ3n) is 1.73. The first-order valence-electron chi connectivity index (χ1n) is 3.71. The van der Waals surface area contributed by atoms with Gasteiger partial charge in [0.25, 0.3) is 0 Å². The molecule has 0 bridgehead atoms. The van der Waals surface area contributed by atoms with Gasteiger partial charge in [-0.2, -0.15) is 0 Å². The van der Waals surface area contributed by atoms with Crippen LogP contribution in [0.4, 0.5) is 4.39 Å². The summed E-state index contributed by atoms with van der Waals surface area (Å²) >= 11 is 3.12. The van der Waals surface area contributed by atoms with E-state index in [0.717, 1.165) is 0 Å². The van der Waals surface area contributed by atoms with Crippen LogP contribution < -0.4 is 4.74 Å².